The van der Waals surface area contributed by atoms with Crippen LogP contribution in [-0.4, -0.2) is 12.6 Å². The zero-order valence-electron chi connectivity index (χ0n) is 14.0. The van der Waals surface area contributed by atoms with Crippen molar-refractivity contribution < 1.29 is 0 Å². The third-order valence-electron chi connectivity index (χ3n) is 3.29. The molecule has 0 heterocycles. The van der Waals surface area contributed by atoms with Crippen molar-refractivity contribution in [3.8, 4) is 0 Å². The van der Waals surface area contributed by atoms with Crippen LogP contribution in [0.15, 0.2) is 0 Å². The molecule has 0 aromatic carbocycles. The summed E-state index contributed by atoms with van der Waals surface area (Å²) in [6, 6.07) is 0.673. The molecular formula is C17H37N. The molecule has 0 fully saturated rings. The molecule has 110 valence electrons. The molecule has 0 aliphatic carbocycles. The van der Waals surface area contributed by atoms with Gasteiger partial charge in [0.15, 0.2) is 0 Å². The average molecular weight is 255 g/mol. The summed E-state index contributed by atoms with van der Waals surface area (Å²) in [7, 11) is 0. The summed E-state index contributed by atoms with van der Waals surface area (Å²) >= 11 is 0. The molecule has 0 aromatic heterocycles. The minimum atomic E-state index is 0.404. The fourth-order valence-electron chi connectivity index (χ4n) is 2.04. The monoisotopic (exact) mass is 255 g/mol. The van der Waals surface area contributed by atoms with Crippen molar-refractivity contribution in [3.05, 3.63) is 0 Å². The van der Waals surface area contributed by atoms with Crippen LogP contribution in [0.4, 0.5) is 0 Å². The molecule has 0 saturated heterocycles. The van der Waals surface area contributed by atoms with Crippen LogP contribution in [-0.2, 0) is 0 Å². The van der Waals surface area contributed by atoms with E-state index in [0.29, 0.717) is 16.9 Å². The summed E-state index contributed by atoms with van der Waals surface area (Å²) < 4.78 is 0. The molecule has 0 amide bonds. The Morgan fingerprint density at radius 3 is 1.83 bits per heavy atom. The number of rotatable bonds is 8. The maximum atomic E-state index is 3.64. The Bertz CT molecular complexity index is 195. The Balaban J connectivity index is 3.38. The predicted octanol–water partition coefficient (Wildman–Crippen LogP) is 5.40. The van der Waals surface area contributed by atoms with Gasteiger partial charge in [0, 0.05) is 12.6 Å². The smallest absolute Gasteiger partial charge is 0.00389 e. The van der Waals surface area contributed by atoms with E-state index < -0.39 is 0 Å². The zero-order valence-corrected chi connectivity index (χ0v) is 14.0. The molecule has 1 heteroatoms. The largest absolute Gasteiger partial charge is 0.314 e. The zero-order chi connectivity index (χ0) is 14.2. The van der Waals surface area contributed by atoms with Gasteiger partial charge >= 0.3 is 0 Å². The lowest BCUT2D eigenvalue weighted by molar-refractivity contribution is 0.341. The fourth-order valence-corrected chi connectivity index (χ4v) is 2.04. The van der Waals surface area contributed by atoms with E-state index in [-0.39, 0.29) is 0 Å². The first-order valence-corrected chi connectivity index (χ1v) is 7.83. The Morgan fingerprint density at radius 1 is 0.778 bits per heavy atom. The first kappa shape index (κ1) is 18.0. The van der Waals surface area contributed by atoms with Gasteiger partial charge in [-0.05, 0) is 30.6 Å². The highest BCUT2D eigenvalue weighted by atomic mass is 14.9. The highest BCUT2D eigenvalue weighted by Gasteiger charge is 2.11. The van der Waals surface area contributed by atoms with Crippen LogP contribution in [0.5, 0.6) is 0 Å². The van der Waals surface area contributed by atoms with Crippen LogP contribution in [0, 0.1) is 10.8 Å². The van der Waals surface area contributed by atoms with Crippen LogP contribution < -0.4 is 5.32 Å². The molecule has 1 atom stereocenters. The molecule has 1 N–H and O–H groups in total. The van der Waals surface area contributed by atoms with Gasteiger partial charge in [0.25, 0.3) is 0 Å². The molecule has 0 rings (SSSR count). The molecule has 0 aromatic rings. The quantitative estimate of drug-likeness (QED) is 0.573. The van der Waals surface area contributed by atoms with Gasteiger partial charge in [-0.25, -0.2) is 0 Å². The summed E-state index contributed by atoms with van der Waals surface area (Å²) in [4.78, 5) is 0. The molecular weight excluding hydrogens is 218 g/mol. The van der Waals surface area contributed by atoms with Gasteiger partial charge in [0.05, 0.1) is 0 Å². The summed E-state index contributed by atoms with van der Waals surface area (Å²) in [6.07, 6.45) is 8.27. The Hall–Kier alpha value is -0.0400. The number of nitrogens with one attached hydrogen (secondary N) is 1. The Kier molecular flexibility index (Phi) is 8.18. The van der Waals surface area contributed by atoms with Crippen molar-refractivity contribution in [1.82, 2.24) is 5.32 Å². The van der Waals surface area contributed by atoms with Crippen molar-refractivity contribution in [3.63, 3.8) is 0 Å². The average Bonchev–Trinajstić information content (AvgIpc) is 2.17. The van der Waals surface area contributed by atoms with E-state index in [0.717, 1.165) is 6.54 Å². The van der Waals surface area contributed by atoms with E-state index in [1.54, 1.807) is 0 Å². The second kappa shape index (κ2) is 8.19. The van der Waals surface area contributed by atoms with E-state index in [4.69, 9.17) is 0 Å². The minimum Gasteiger partial charge on any atom is -0.314 e. The van der Waals surface area contributed by atoms with Gasteiger partial charge in [-0.15, -0.1) is 0 Å². The molecule has 0 aliphatic heterocycles. The summed E-state index contributed by atoms with van der Waals surface area (Å²) in [5.41, 5.74) is 0.919. The number of unbranched alkanes of at least 4 members (excludes halogenated alkanes) is 3. The first-order valence-electron chi connectivity index (χ1n) is 7.83. The van der Waals surface area contributed by atoms with Crippen molar-refractivity contribution in [1.29, 1.82) is 0 Å². The predicted molar refractivity (Wildman–Crippen MR) is 84.1 cm³/mol. The molecule has 1 unspecified atom stereocenters. The van der Waals surface area contributed by atoms with Crippen molar-refractivity contribution in [2.75, 3.05) is 6.54 Å². The lowest BCUT2D eigenvalue weighted by Gasteiger charge is -2.22. The molecule has 0 spiro atoms. The van der Waals surface area contributed by atoms with E-state index in [1.165, 1.54) is 38.5 Å². The maximum absolute atomic E-state index is 3.64. The fraction of sp³-hybridized carbons (Fsp3) is 1.00. The van der Waals surface area contributed by atoms with Gasteiger partial charge in [-0.2, -0.15) is 0 Å². The summed E-state index contributed by atoms with van der Waals surface area (Å²) in [5.74, 6) is 0. The van der Waals surface area contributed by atoms with Crippen molar-refractivity contribution in [2.24, 2.45) is 10.8 Å². The molecule has 1 nitrogen and oxygen atoms in total. The highest BCUT2D eigenvalue weighted by Crippen LogP contribution is 2.22. The SMILES string of the molecule is CC(CCCCCCC(C)(C)C)NCC(C)(C)C. The van der Waals surface area contributed by atoms with Crippen LogP contribution in [0.1, 0.15) is 87.0 Å². The standard InChI is InChI=1S/C17H37N/c1-15(18-14-17(5,6)7)12-10-8-9-11-13-16(2,3)4/h15,18H,8-14H2,1-7H3. The van der Waals surface area contributed by atoms with Crippen LogP contribution >= 0.6 is 0 Å². The third-order valence-corrected chi connectivity index (χ3v) is 3.29. The van der Waals surface area contributed by atoms with E-state index in [2.05, 4.69) is 53.8 Å². The summed E-state index contributed by atoms with van der Waals surface area (Å²) in [5, 5.41) is 3.64. The van der Waals surface area contributed by atoms with E-state index in [9.17, 15) is 0 Å². The number of hydrogen-bond donors (Lipinski definition) is 1. The van der Waals surface area contributed by atoms with Crippen LogP contribution in [0.25, 0.3) is 0 Å². The minimum absolute atomic E-state index is 0.404. The van der Waals surface area contributed by atoms with Gasteiger partial charge < -0.3 is 5.32 Å². The van der Waals surface area contributed by atoms with Gasteiger partial charge in [-0.3, -0.25) is 0 Å². The lowest BCUT2D eigenvalue weighted by Crippen LogP contribution is -2.33. The first-order chi connectivity index (χ1) is 8.10. The van der Waals surface area contributed by atoms with E-state index in [1.807, 2.05) is 0 Å². The molecule has 0 radical (unpaired) electrons. The normalized spacial score (nSPS) is 14.8. The van der Waals surface area contributed by atoms with Crippen molar-refractivity contribution >= 4 is 0 Å². The van der Waals surface area contributed by atoms with Gasteiger partial charge in [-0.1, -0.05) is 67.2 Å². The second-order valence-electron chi connectivity index (χ2n) is 8.36. The van der Waals surface area contributed by atoms with Crippen LogP contribution in [0.2, 0.25) is 0 Å². The third kappa shape index (κ3) is 14.0. The van der Waals surface area contributed by atoms with Gasteiger partial charge in [0.1, 0.15) is 0 Å². The van der Waals surface area contributed by atoms with Gasteiger partial charge in [0.2, 0.25) is 0 Å². The topological polar surface area (TPSA) is 12.0 Å². The molecule has 0 aliphatic rings. The van der Waals surface area contributed by atoms with E-state index >= 15 is 0 Å². The molecule has 0 bridgehead atoms. The van der Waals surface area contributed by atoms with Crippen LogP contribution in [0.3, 0.4) is 0 Å². The second-order valence-corrected chi connectivity index (χ2v) is 8.36. The molecule has 18 heavy (non-hydrogen) atoms. The Labute approximate surface area is 116 Å². The maximum Gasteiger partial charge on any atom is 0.00389 e. The Morgan fingerprint density at radius 2 is 1.33 bits per heavy atom. The summed E-state index contributed by atoms with van der Waals surface area (Å²) in [6.45, 7) is 17.3. The molecule has 0 saturated carbocycles. The highest BCUT2D eigenvalue weighted by molar-refractivity contribution is 4.69. The lowest BCUT2D eigenvalue weighted by atomic mass is 9.89. The number of hydrogen-bond acceptors (Lipinski definition) is 1. The van der Waals surface area contributed by atoms with Crippen molar-refractivity contribution in [2.45, 2.75) is 93.0 Å².